The molecule has 8 heteroatoms. The first-order valence-corrected chi connectivity index (χ1v) is 11.0. The number of aryl methyl sites for hydroxylation is 1. The summed E-state index contributed by atoms with van der Waals surface area (Å²) in [5, 5.41) is 1.87. The minimum atomic E-state index is -3.74. The fourth-order valence-corrected chi connectivity index (χ4v) is 4.85. The van der Waals surface area contributed by atoms with Gasteiger partial charge in [0.1, 0.15) is 0 Å². The molecule has 1 atom stereocenters. The van der Waals surface area contributed by atoms with E-state index in [0.29, 0.717) is 5.57 Å². The van der Waals surface area contributed by atoms with E-state index in [9.17, 15) is 13.2 Å². The normalized spacial score (nSPS) is 13.5. The van der Waals surface area contributed by atoms with Crippen LogP contribution in [0.4, 0.5) is 0 Å². The molecule has 1 aromatic heterocycles. The van der Waals surface area contributed by atoms with E-state index in [-0.39, 0.29) is 11.3 Å². The minimum absolute atomic E-state index is 0.0123. The van der Waals surface area contributed by atoms with Gasteiger partial charge in [-0.05, 0) is 40.2 Å². The summed E-state index contributed by atoms with van der Waals surface area (Å²) in [6.07, 6.45) is 0.0123. The molecule has 0 radical (unpaired) electrons. The maximum atomic E-state index is 12.8. The Morgan fingerprint density at radius 1 is 1.32 bits per heavy atom. The van der Waals surface area contributed by atoms with Crippen LogP contribution < -0.4 is 4.72 Å². The van der Waals surface area contributed by atoms with Gasteiger partial charge in [0, 0.05) is 4.88 Å². The monoisotopic (exact) mass is 491 g/mol. The molecule has 5 nitrogen and oxygen atoms in total. The van der Waals surface area contributed by atoms with Gasteiger partial charge in [-0.1, -0.05) is 46.4 Å². The van der Waals surface area contributed by atoms with E-state index in [4.69, 9.17) is 4.74 Å². The second-order valence-electron chi connectivity index (χ2n) is 5.32. The number of carbonyl (C=O) groups is 1. The second-order valence-corrected chi connectivity index (χ2v) is 8.64. The summed E-state index contributed by atoms with van der Waals surface area (Å²) in [6.45, 7) is 1.89. The fraction of sp³-hybridized carbons (Fsp3) is 0.235. The van der Waals surface area contributed by atoms with E-state index in [1.165, 1.54) is 18.4 Å². The van der Waals surface area contributed by atoms with Crippen LogP contribution in [-0.2, 0) is 19.6 Å². The van der Waals surface area contributed by atoms with Crippen LogP contribution in [0.25, 0.3) is 0 Å². The van der Waals surface area contributed by atoms with Gasteiger partial charge in [-0.15, -0.1) is 11.3 Å². The van der Waals surface area contributed by atoms with Crippen LogP contribution in [0.1, 0.15) is 22.9 Å². The maximum Gasteiger partial charge on any atom is 0.309 e. The predicted molar refractivity (Wildman–Crippen MR) is 107 cm³/mol. The highest BCUT2D eigenvalue weighted by molar-refractivity contribution is 14.1. The summed E-state index contributed by atoms with van der Waals surface area (Å²) < 4.78 is 34.7. The Morgan fingerprint density at radius 3 is 2.52 bits per heavy atom. The molecule has 0 spiro atoms. The first-order chi connectivity index (χ1) is 11.9. The number of methoxy groups -OCH3 is 1. The number of carbonyl (C=O) groups excluding carboxylic acids is 1. The Kier molecular flexibility index (Phi) is 7.17. The highest BCUT2D eigenvalue weighted by Crippen LogP contribution is 2.31. The molecule has 2 aromatic rings. The molecule has 134 valence electrons. The van der Waals surface area contributed by atoms with Crippen molar-refractivity contribution in [2.75, 3.05) is 7.11 Å². The molecule has 1 aromatic carbocycles. The Morgan fingerprint density at radius 2 is 2.00 bits per heavy atom. The predicted octanol–water partition coefficient (Wildman–Crippen LogP) is 3.96. The van der Waals surface area contributed by atoms with Crippen molar-refractivity contribution in [1.82, 2.24) is 4.72 Å². The molecule has 25 heavy (non-hydrogen) atoms. The molecule has 0 saturated heterocycles. The Balaban J connectivity index is 2.36. The van der Waals surface area contributed by atoms with Crippen LogP contribution in [0.2, 0.25) is 0 Å². The van der Waals surface area contributed by atoms with Gasteiger partial charge in [0.2, 0.25) is 10.0 Å². The van der Waals surface area contributed by atoms with E-state index in [1.807, 2.05) is 47.0 Å². The van der Waals surface area contributed by atoms with Crippen molar-refractivity contribution in [2.24, 2.45) is 0 Å². The number of nitrogens with one attached hydrogen (secondary N) is 1. The standard InChI is InChI=1S/C17H18INO4S2/c1-12-5-7-14(8-6-12)25(21,22)19-17(15-4-3-9-24-15)13(11-18)10-16(20)23-2/h3-9,11,17,19H,10H2,1-2H3/b13-11-. The fourth-order valence-electron chi connectivity index (χ4n) is 2.16. The molecule has 0 saturated carbocycles. The Hall–Kier alpha value is -1.23. The third-order valence-corrected chi connectivity index (χ3v) is 6.69. The van der Waals surface area contributed by atoms with Crippen LogP contribution in [0.5, 0.6) is 0 Å². The van der Waals surface area contributed by atoms with Crippen molar-refractivity contribution < 1.29 is 17.9 Å². The van der Waals surface area contributed by atoms with Gasteiger partial charge in [-0.2, -0.15) is 4.72 Å². The lowest BCUT2D eigenvalue weighted by Gasteiger charge is -2.20. The lowest BCUT2D eigenvalue weighted by Crippen LogP contribution is -2.30. The molecular formula is C17H18INO4S2. The van der Waals surface area contributed by atoms with Crippen LogP contribution in [0.3, 0.4) is 0 Å². The first kappa shape index (κ1) is 20.1. The zero-order chi connectivity index (χ0) is 18.4. The number of rotatable bonds is 7. The summed E-state index contributed by atoms with van der Waals surface area (Å²) in [6, 6.07) is 9.69. The van der Waals surface area contributed by atoms with Crippen LogP contribution in [0, 0.1) is 6.92 Å². The van der Waals surface area contributed by atoms with Crippen molar-refractivity contribution in [2.45, 2.75) is 24.3 Å². The second kappa shape index (κ2) is 8.93. The largest absolute Gasteiger partial charge is 0.469 e. The average molecular weight is 491 g/mol. The number of halogens is 1. The van der Waals surface area contributed by atoms with Crippen molar-refractivity contribution in [3.05, 3.63) is 61.9 Å². The van der Waals surface area contributed by atoms with Gasteiger partial charge in [-0.3, -0.25) is 4.79 Å². The Labute approximate surface area is 165 Å². The average Bonchev–Trinajstić information content (AvgIpc) is 3.12. The molecule has 1 heterocycles. The van der Waals surface area contributed by atoms with Gasteiger partial charge in [-0.25, -0.2) is 8.42 Å². The van der Waals surface area contributed by atoms with Crippen LogP contribution in [-0.4, -0.2) is 21.5 Å². The molecule has 0 aliphatic carbocycles. The SMILES string of the molecule is COC(=O)C/C(=C/I)C(NS(=O)(=O)c1ccc(C)cc1)c1cccs1. The molecule has 0 aliphatic rings. The number of hydrogen-bond acceptors (Lipinski definition) is 5. The molecule has 0 bridgehead atoms. The minimum Gasteiger partial charge on any atom is -0.469 e. The zero-order valence-electron chi connectivity index (χ0n) is 13.7. The molecule has 0 fully saturated rings. The number of sulfonamides is 1. The van der Waals surface area contributed by atoms with Crippen LogP contribution in [0.15, 0.2) is 56.3 Å². The molecule has 1 unspecified atom stereocenters. The Bertz CT molecular complexity index is 843. The van der Waals surface area contributed by atoms with Gasteiger partial charge >= 0.3 is 5.97 Å². The quantitative estimate of drug-likeness (QED) is 0.470. The van der Waals surface area contributed by atoms with Crippen molar-refractivity contribution in [1.29, 1.82) is 0 Å². The number of esters is 1. The molecular weight excluding hydrogens is 473 g/mol. The van der Waals surface area contributed by atoms with Crippen LogP contribution >= 0.6 is 33.9 Å². The zero-order valence-corrected chi connectivity index (χ0v) is 17.5. The lowest BCUT2D eigenvalue weighted by atomic mass is 10.1. The maximum absolute atomic E-state index is 12.8. The number of hydrogen-bond donors (Lipinski definition) is 1. The first-order valence-electron chi connectivity index (χ1n) is 7.35. The van der Waals surface area contributed by atoms with Gasteiger partial charge in [0.25, 0.3) is 0 Å². The van der Waals surface area contributed by atoms with Crippen molar-refractivity contribution >= 4 is 49.9 Å². The number of benzene rings is 1. The molecule has 0 aliphatic heterocycles. The van der Waals surface area contributed by atoms with Gasteiger partial charge < -0.3 is 4.74 Å². The summed E-state index contributed by atoms with van der Waals surface area (Å²) in [5.41, 5.74) is 1.61. The number of ether oxygens (including phenoxy) is 1. The molecule has 0 amide bonds. The third-order valence-electron chi connectivity index (χ3n) is 3.52. The topological polar surface area (TPSA) is 72.5 Å². The van der Waals surface area contributed by atoms with Crippen molar-refractivity contribution in [3.63, 3.8) is 0 Å². The molecule has 1 N–H and O–H groups in total. The number of thiophene rings is 1. The van der Waals surface area contributed by atoms with Gasteiger partial charge in [0.15, 0.2) is 0 Å². The molecule has 2 rings (SSSR count). The third kappa shape index (κ3) is 5.37. The highest BCUT2D eigenvalue weighted by Gasteiger charge is 2.26. The van der Waals surface area contributed by atoms with Gasteiger partial charge in [0.05, 0.1) is 24.5 Å². The van der Waals surface area contributed by atoms with E-state index >= 15 is 0 Å². The summed E-state index contributed by atoms with van der Waals surface area (Å²) in [7, 11) is -2.43. The smallest absolute Gasteiger partial charge is 0.309 e. The lowest BCUT2D eigenvalue weighted by molar-refractivity contribution is -0.139. The highest BCUT2D eigenvalue weighted by atomic mass is 127. The van der Waals surface area contributed by atoms with E-state index in [1.54, 1.807) is 28.3 Å². The van der Waals surface area contributed by atoms with Crippen molar-refractivity contribution in [3.8, 4) is 0 Å². The summed E-state index contributed by atoms with van der Waals surface area (Å²) in [4.78, 5) is 12.7. The summed E-state index contributed by atoms with van der Waals surface area (Å²) in [5.74, 6) is -0.418. The van der Waals surface area contributed by atoms with E-state index < -0.39 is 22.0 Å². The van der Waals surface area contributed by atoms with E-state index in [0.717, 1.165) is 10.4 Å². The van der Waals surface area contributed by atoms with E-state index in [2.05, 4.69) is 4.72 Å². The summed E-state index contributed by atoms with van der Waals surface area (Å²) >= 11 is 3.43.